The summed E-state index contributed by atoms with van der Waals surface area (Å²) in [4.78, 5) is 16.6. The molecule has 0 fully saturated rings. The zero-order chi connectivity index (χ0) is 14.5. The molecular formula is C14H16BrN3OS. The number of aromatic nitrogens is 1. The molecule has 2 heterocycles. The molecule has 1 amide bonds. The summed E-state index contributed by atoms with van der Waals surface area (Å²) in [6, 6.07) is 3.77. The lowest BCUT2D eigenvalue weighted by atomic mass is 10.1. The maximum absolute atomic E-state index is 12.4. The van der Waals surface area contributed by atoms with E-state index in [-0.39, 0.29) is 11.9 Å². The molecule has 2 rings (SSSR count). The molecule has 2 aromatic rings. The van der Waals surface area contributed by atoms with Crippen molar-refractivity contribution >= 4 is 39.0 Å². The molecule has 0 bridgehead atoms. The number of hydrogen-bond acceptors (Lipinski definition) is 4. The van der Waals surface area contributed by atoms with Crippen LogP contribution in [0.2, 0.25) is 0 Å². The third-order valence-corrected chi connectivity index (χ3v) is 3.97. The standard InChI is InChI=1S/C14H16BrN3OS/c1-3-16-13-12(6-11(15)7-17-13)14(19)18-9(2)10-4-5-20-8-10/h4-9H,3H2,1-2H3,(H,16,17)(H,18,19). The molecule has 106 valence electrons. The highest BCUT2D eigenvalue weighted by Crippen LogP contribution is 2.20. The number of hydrogen-bond donors (Lipinski definition) is 2. The number of amides is 1. The highest BCUT2D eigenvalue weighted by atomic mass is 79.9. The number of nitrogens with one attached hydrogen (secondary N) is 2. The van der Waals surface area contributed by atoms with E-state index in [9.17, 15) is 4.79 Å². The number of nitrogens with zero attached hydrogens (tertiary/aromatic N) is 1. The minimum atomic E-state index is -0.131. The van der Waals surface area contributed by atoms with E-state index < -0.39 is 0 Å². The number of carbonyl (C=O) groups is 1. The van der Waals surface area contributed by atoms with Gasteiger partial charge in [-0.05, 0) is 58.2 Å². The molecule has 0 spiro atoms. The molecule has 0 aliphatic heterocycles. The van der Waals surface area contributed by atoms with Gasteiger partial charge in [-0.3, -0.25) is 4.79 Å². The average Bonchev–Trinajstić information content (AvgIpc) is 2.95. The minimum Gasteiger partial charge on any atom is -0.370 e. The maximum Gasteiger partial charge on any atom is 0.255 e. The Kier molecular flexibility index (Phi) is 5.14. The van der Waals surface area contributed by atoms with Gasteiger partial charge in [-0.2, -0.15) is 11.3 Å². The van der Waals surface area contributed by atoms with E-state index in [0.29, 0.717) is 11.4 Å². The molecular weight excluding hydrogens is 338 g/mol. The fourth-order valence-corrected chi connectivity index (χ4v) is 2.89. The van der Waals surface area contributed by atoms with E-state index in [1.54, 1.807) is 23.6 Å². The first kappa shape index (κ1) is 15.0. The molecule has 0 aliphatic rings. The summed E-state index contributed by atoms with van der Waals surface area (Å²) in [7, 11) is 0. The summed E-state index contributed by atoms with van der Waals surface area (Å²) < 4.78 is 0.785. The van der Waals surface area contributed by atoms with Gasteiger partial charge in [-0.25, -0.2) is 4.98 Å². The Morgan fingerprint density at radius 3 is 3.00 bits per heavy atom. The first-order valence-electron chi connectivity index (χ1n) is 6.34. The van der Waals surface area contributed by atoms with Crippen molar-refractivity contribution in [3.05, 3.63) is 44.7 Å². The van der Waals surface area contributed by atoms with Crippen molar-refractivity contribution in [3.63, 3.8) is 0 Å². The zero-order valence-electron chi connectivity index (χ0n) is 11.3. The first-order chi connectivity index (χ1) is 9.61. The second kappa shape index (κ2) is 6.85. The largest absolute Gasteiger partial charge is 0.370 e. The summed E-state index contributed by atoms with van der Waals surface area (Å²) in [6.07, 6.45) is 1.68. The molecule has 1 unspecified atom stereocenters. The highest BCUT2D eigenvalue weighted by Gasteiger charge is 2.16. The van der Waals surface area contributed by atoms with Crippen molar-refractivity contribution < 1.29 is 4.79 Å². The third kappa shape index (κ3) is 3.58. The van der Waals surface area contributed by atoms with E-state index in [4.69, 9.17) is 0 Å². The number of carbonyl (C=O) groups excluding carboxylic acids is 1. The SMILES string of the molecule is CCNc1ncc(Br)cc1C(=O)NC(C)c1ccsc1. The fourth-order valence-electron chi connectivity index (χ4n) is 1.80. The summed E-state index contributed by atoms with van der Waals surface area (Å²) in [5.74, 6) is 0.471. The normalized spacial score (nSPS) is 11.9. The van der Waals surface area contributed by atoms with E-state index in [1.165, 1.54) is 0 Å². The number of thiophene rings is 1. The lowest BCUT2D eigenvalue weighted by Crippen LogP contribution is -2.27. The summed E-state index contributed by atoms with van der Waals surface area (Å²) in [5, 5.41) is 10.1. The molecule has 2 aromatic heterocycles. The fraction of sp³-hybridized carbons (Fsp3) is 0.286. The summed E-state index contributed by atoms with van der Waals surface area (Å²) in [5.41, 5.74) is 1.65. The smallest absolute Gasteiger partial charge is 0.255 e. The molecule has 0 aliphatic carbocycles. The Bertz CT molecular complexity index is 586. The van der Waals surface area contributed by atoms with Gasteiger partial charge in [0.25, 0.3) is 5.91 Å². The number of halogens is 1. The van der Waals surface area contributed by atoms with Gasteiger partial charge in [0.1, 0.15) is 5.82 Å². The quantitative estimate of drug-likeness (QED) is 0.858. The molecule has 6 heteroatoms. The number of pyridine rings is 1. The van der Waals surface area contributed by atoms with Crippen molar-refractivity contribution in [1.29, 1.82) is 0 Å². The Labute approximate surface area is 130 Å². The van der Waals surface area contributed by atoms with Gasteiger partial charge in [0.2, 0.25) is 0 Å². The molecule has 1 atom stereocenters. The molecule has 20 heavy (non-hydrogen) atoms. The number of rotatable bonds is 5. The maximum atomic E-state index is 12.4. The summed E-state index contributed by atoms with van der Waals surface area (Å²) >= 11 is 4.97. The second-order valence-corrected chi connectivity index (χ2v) is 6.03. The van der Waals surface area contributed by atoms with Crippen LogP contribution in [0.15, 0.2) is 33.6 Å². The van der Waals surface area contributed by atoms with Crippen LogP contribution in [0, 0.1) is 0 Å². The Morgan fingerprint density at radius 2 is 2.35 bits per heavy atom. The van der Waals surface area contributed by atoms with E-state index in [2.05, 4.69) is 31.5 Å². The van der Waals surface area contributed by atoms with Crippen LogP contribution < -0.4 is 10.6 Å². The number of anilines is 1. The highest BCUT2D eigenvalue weighted by molar-refractivity contribution is 9.10. The topological polar surface area (TPSA) is 54.0 Å². The zero-order valence-corrected chi connectivity index (χ0v) is 13.7. The van der Waals surface area contributed by atoms with Crippen LogP contribution in [0.4, 0.5) is 5.82 Å². The molecule has 4 nitrogen and oxygen atoms in total. The predicted octanol–water partition coefficient (Wildman–Crippen LogP) is 3.83. The lowest BCUT2D eigenvalue weighted by molar-refractivity contribution is 0.0940. The monoisotopic (exact) mass is 353 g/mol. The van der Waals surface area contributed by atoms with Crippen LogP contribution in [0.5, 0.6) is 0 Å². The van der Waals surface area contributed by atoms with Gasteiger partial charge in [0.05, 0.1) is 11.6 Å². The van der Waals surface area contributed by atoms with Gasteiger partial charge in [-0.15, -0.1) is 0 Å². The van der Waals surface area contributed by atoms with Crippen molar-refractivity contribution in [2.45, 2.75) is 19.9 Å². The van der Waals surface area contributed by atoms with Crippen LogP contribution in [-0.4, -0.2) is 17.4 Å². The van der Waals surface area contributed by atoms with Crippen molar-refractivity contribution in [1.82, 2.24) is 10.3 Å². The molecule has 0 saturated carbocycles. The molecule has 0 radical (unpaired) electrons. The second-order valence-electron chi connectivity index (χ2n) is 4.33. The van der Waals surface area contributed by atoms with Gasteiger partial charge >= 0.3 is 0 Å². The van der Waals surface area contributed by atoms with Crippen molar-refractivity contribution in [3.8, 4) is 0 Å². The predicted molar refractivity (Wildman–Crippen MR) is 86.3 cm³/mol. The van der Waals surface area contributed by atoms with E-state index >= 15 is 0 Å². The van der Waals surface area contributed by atoms with Gasteiger partial charge in [0.15, 0.2) is 0 Å². The molecule has 0 aromatic carbocycles. The van der Waals surface area contributed by atoms with E-state index in [1.807, 2.05) is 30.7 Å². The lowest BCUT2D eigenvalue weighted by Gasteiger charge is -2.15. The summed E-state index contributed by atoms with van der Waals surface area (Å²) in [6.45, 7) is 4.66. The van der Waals surface area contributed by atoms with Crippen LogP contribution in [0.25, 0.3) is 0 Å². The Balaban J connectivity index is 2.18. The Hall–Kier alpha value is -1.40. The average molecular weight is 354 g/mol. The van der Waals surface area contributed by atoms with Crippen LogP contribution >= 0.6 is 27.3 Å². The van der Waals surface area contributed by atoms with Gasteiger partial charge < -0.3 is 10.6 Å². The van der Waals surface area contributed by atoms with E-state index in [0.717, 1.165) is 16.6 Å². The Morgan fingerprint density at radius 1 is 1.55 bits per heavy atom. The van der Waals surface area contributed by atoms with Crippen LogP contribution in [0.3, 0.4) is 0 Å². The minimum absolute atomic E-state index is 0.0257. The molecule has 0 saturated heterocycles. The van der Waals surface area contributed by atoms with Crippen LogP contribution in [0.1, 0.15) is 35.8 Å². The van der Waals surface area contributed by atoms with Crippen molar-refractivity contribution in [2.75, 3.05) is 11.9 Å². The molecule has 2 N–H and O–H groups in total. The third-order valence-electron chi connectivity index (χ3n) is 2.83. The van der Waals surface area contributed by atoms with Gasteiger partial charge in [-0.1, -0.05) is 0 Å². The first-order valence-corrected chi connectivity index (χ1v) is 8.07. The van der Waals surface area contributed by atoms with Crippen LogP contribution in [-0.2, 0) is 0 Å². The van der Waals surface area contributed by atoms with Crippen molar-refractivity contribution in [2.24, 2.45) is 0 Å². The van der Waals surface area contributed by atoms with Gasteiger partial charge in [0, 0.05) is 17.2 Å².